The maximum atomic E-state index is 12.4. The van der Waals surface area contributed by atoms with Crippen LogP contribution in [0.2, 0.25) is 0 Å². The van der Waals surface area contributed by atoms with Crippen molar-refractivity contribution in [3.8, 4) is 34.5 Å². The quantitative estimate of drug-likeness (QED) is 0.0998. The van der Waals surface area contributed by atoms with Crippen LogP contribution in [0.25, 0.3) is 21.5 Å². The molecule has 0 aromatic heterocycles. The highest BCUT2D eigenvalue weighted by molar-refractivity contribution is 5.93. The predicted octanol–water partition coefficient (Wildman–Crippen LogP) is 11.9. The number of fused-ring (bicyclic) bond motifs is 2. The minimum atomic E-state index is -4.24. The zero-order chi connectivity index (χ0) is 38.5. The topological polar surface area (TPSA) is 121 Å². The Kier molecular flexibility index (Phi) is 15.5. The van der Waals surface area contributed by atoms with E-state index in [1.165, 1.54) is 18.2 Å². The van der Waals surface area contributed by atoms with Crippen molar-refractivity contribution >= 4 is 21.5 Å². The third kappa shape index (κ3) is 12.1. The number of phenols is 6. The number of hydrogen-bond donors (Lipinski definition) is 6. The van der Waals surface area contributed by atoms with Gasteiger partial charge in [-0.3, -0.25) is 0 Å². The number of halogens is 3. The summed E-state index contributed by atoms with van der Waals surface area (Å²) >= 11 is 0. The molecule has 6 rings (SSSR count). The molecule has 0 spiro atoms. The molecule has 0 radical (unpaired) electrons. The van der Waals surface area contributed by atoms with E-state index in [0.717, 1.165) is 11.1 Å². The highest BCUT2D eigenvalue weighted by Gasteiger charge is 2.31. The van der Waals surface area contributed by atoms with Gasteiger partial charge in [0.25, 0.3) is 0 Å². The molecule has 6 N–H and O–H groups in total. The third-order valence-corrected chi connectivity index (χ3v) is 7.51. The molecule has 0 aliphatic heterocycles. The first-order valence-corrected chi connectivity index (χ1v) is 16.5. The van der Waals surface area contributed by atoms with Gasteiger partial charge in [-0.05, 0) is 78.4 Å². The van der Waals surface area contributed by atoms with Gasteiger partial charge in [0.15, 0.2) is 11.5 Å². The lowest BCUT2D eigenvalue weighted by Crippen LogP contribution is -2.06. The van der Waals surface area contributed by atoms with E-state index in [0.29, 0.717) is 33.0 Å². The van der Waals surface area contributed by atoms with Crippen LogP contribution in [0.15, 0.2) is 109 Å². The molecule has 0 unspecified atom stereocenters. The number of benzene rings is 6. The van der Waals surface area contributed by atoms with E-state index < -0.39 is 11.7 Å². The third-order valence-electron chi connectivity index (χ3n) is 7.51. The second-order valence-electron chi connectivity index (χ2n) is 12.0. The summed E-state index contributed by atoms with van der Waals surface area (Å²) in [6.45, 7) is 13.5. The lowest BCUT2D eigenvalue weighted by atomic mass is 9.98. The second kappa shape index (κ2) is 19.0. The summed E-state index contributed by atoms with van der Waals surface area (Å²) in [4.78, 5) is 0. The van der Waals surface area contributed by atoms with Crippen molar-refractivity contribution in [2.24, 2.45) is 0 Å². The summed E-state index contributed by atoms with van der Waals surface area (Å²) in [5, 5.41) is 58.3. The number of rotatable bonds is 2. The standard InChI is InChI=1S/C11H13F3.2C10H8O2.C9H12O2.C2H6/c1-7(2)9-4-8(3)5-10(6-9)11(12,13)14;2*11-9-5-1-3-7-8(9)4-2-6-10(7)12;1-6(2)7-3-4-8(10)9(11)5-7;1-2/h4-7H,1-3H3;2*1-6,11-12H;3-6,10-11H,1-2H3;1-2H3. The van der Waals surface area contributed by atoms with Crippen LogP contribution in [0.4, 0.5) is 13.2 Å². The molecule has 6 nitrogen and oxygen atoms in total. The summed E-state index contributed by atoms with van der Waals surface area (Å²) in [5.41, 5.74) is 1.86. The number of alkyl halides is 3. The van der Waals surface area contributed by atoms with Crippen LogP contribution in [-0.4, -0.2) is 30.6 Å². The molecule has 272 valence electrons. The molecule has 51 heavy (non-hydrogen) atoms. The minimum Gasteiger partial charge on any atom is -0.507 e. The molecular formula is C42H47F3O6. The molecule has 0 saturated carbocycles. The Bertz CT molecular complexity index is 1840. The summed E-state index contributed by atoms with van der Waals surface area (Å²) < 4.78 is 37.2. The molecule has 0 atom stereocenters. The smallest absolute Gasteiger partial charge is 0.416 e. The van der Waals surface area contributed by atoms with E-state index in [2.05, 4.69) is 0 Å². The van der Waals surface area contributed by atoms with Crippen LogP contribution in [0.5, 0.6) is 34.5 Å². The normalized spacial score (nSPS) is 10.6. The van der Waals surface area contributed by atoms with Crippen LogP contribution in [0, 0.1) is 6.92 Å². The zero-order valence-corrected chi connectivity index (χ0v) is 29.9. The molecule has 0 fully saturated rings. The van der Waals surface area contributed by atoms with Crippen molar-refractivity contribution < 1.29 is 43.8 Å². The molecule has 0 aliphatic carbocycles. The number of phenolic OH excluding ortho intramolecular Hbond substituents is 6. The first-order valence-electron chi connectivity index (χ1n) is 16.5. The van der Waals surface area contributed by atoms with Crippen molar-refractivity contribution in [3.63, 3.8) is 0 Å². The molecule has 6 aromatic rings. The lowest BCUT2D eigenvalue weighted by molar-refractivity contribution is -0.137. The van der Waals surface area contributed by atoms with Gasteiger partial charge in [0.2, 0.25) is 0 Å². The lowest BCUT2D eigenvalue weighted by Gasteiger charge is -2.12. The van der Waals surface area contributed by atoms with Gasteiger partial charge in [-0.2, -0.15) is 13.2 Å². The van der Waals surface area contributed by atoms with E-state index in [-0.39, 0.29) is 40.4 Å². The highest BCUT2D eigenvalue weighted by atomic mass is 19.4. The number of aryl methyl sites for hydroxylation is 1. The maximum absolute atomic E-state index is 12.4. The summed E-state index contributed by atoms with van der Waals surface area (Å²) in [5.74, 6) is 1.18. The van der Waals surface area contributed by atoms with E-state index in [9.17, 15) is 33.6 Å². The Morgan fingerprint density at radius 1 is 0.431 bits per heavy atom. The van der Waals surface area contributed by atoms with Crippen molar-refractivity contribution in [2.45, 2.75) is 66.5 Å². The Balaban J connectivity index is 0.000000232. The van der Waals surface area contributed by atoms with E-state index in [1.54, 1.807) is 97.9 Å². The van der Waals surface area contributed by atoms with Crippen LogP contribution in [0.1, 0.15) is 75.6 Å². The number of aromatic hydroxyl groups is 6. The molecule has 0 amide bonds. The fraction of sp³-hybridized carbons (Fsp3) is 0.238. The summed E-state index contributed by atoms with van der Waals surface area (Å²) in [7, 11) is 0. The average Bonchev–Trinajstić information content (AvgIpc) is 3.08. The van der Waals surface area contributed by atoms with E-state index >= 15 is 0 Å². The van der Waals surface area contributed by atoms with Gasteiger partial charge >= 0.3 is 6.18 Å². The van der Waals surface area contributed by atoms with E-state index in [4.69, 9.17) is 10.2 Å². The maximum Gasteiger partial charge on any atom is 0.416 e. The molecule has 0 heterocycles. The van der Waals surface area contributed by atoms with Gasteiger partial charge in [0.1, 0.15) is 23.0 Å². The molecule has 0 aliphatic rings. The van der Waals surface area contributed by atoms with Crippen LogP contribution >= 0.6 is 0 Å². The fourth-order valence-electron chi connectivity index (χ4n) is 4.76. The zero-order valence-electron chi connectivity index (χ0n) is 29.9. The molecule has 0 bridgehead atoms. The second-order valence-corrected chi connectivity index (χ2v) is 12.0. The summed E-state index contributed by atoms with van der Waals surface area (Å²) in [6, 6.07) is 29.4. The number of hydrogen-bond acceptors (Lipinski definition) is 6. The fourth-order valence-corrected chi connectivity index (χ4v) is 4.76. The van der Waals surface area contributed by atoms with Crippen molar-refractivity contribution in [1.29, 1.82) is 0 Å². The van der Waals surface area contributed by atoms with Gasteiger partial charge in [-0.15, -0.1) is 0 Å². The molecule has 0 saturated heterocycles. The van der Waals surface area contributed by atoms with Crippen molar-refractivity contribution in [2.75, 3.05) is 0 Å². The Morgan fingerprint density at radius 2 is 0.804 bits per heavy atom. The predicted molar refractivity (Wildman–Crippen MR) is 200 cm³/mol. The van der Waals surface area contributed by atoms with Crippen molar-refractivity contribution in [3.05, 3.63) is 131 Å². The minimum absolute atomic E-state index is 0.0452. The van der Waals surface area contributed by atoms with Gasteiger partial charge < -0.3 is 30.6 Å². The average molecular weight is 705 g/mol. The largest absolute Gasteiger partial charge is 0.507 e. The van der Waals surface area contributed by atoms with E-state index in [1.807, 2.05) is 41.5 Å². The Morgan fingerprint density at radius 3 is 1.12 bits per heavy atom. The van der Waals surface area contributed by atoms with Gasteiger partial charge in [0.05, 0.1) is 5.56 Å². The van der Waals surface area contributed by atoms with Crippen molar-refractivity contribution in [1.82, 2.24) is 0 Å². The first-order chi connectivity index (χ1) is 24.0. The Labute approximate surface area is 297 Å². The van der Waals surface area contributed by atoms with Gasteiger partial charge in [-0.25, -0.2) is 0 Å². The molecular weight excluding hydrogens is 657 g/mol. The summed E-state index contributed by atoms with van der Waals surface area (Å²) in [6.07, 6.45) is -4.24. The first kappa shape index (κ1) is 41.6. The van der Waals surface area contributed by atoms with Crippen LogP contribution in [-0.2, 0) is 6.18 Å². The SMILES string of the molecule is CC.CC(C)c1ccc(O)c(O)c1.Cc1cc(C(C)C)cc(C(F)(F)F)c1.Oc1cccc2c(O)cccc12.Oc1cccc2c(O)cccc12. The van der Waals surface area contributed by atoms with Crippen LogP contribution < -0.4 is 0 Å². The van der Waals surface area contributed by atoms with Gasteiger partial charge in [0, 0.05) is 21.5 Å². The Hall–Kier alpha value is -5.57. The van der Waals surface area contributed by atoms with Gasteiger partial charge in [-0.1, -0.05) is 108 Å². The molecule has 6 aromatic carbocycles. The highest BCUT2D eigenvalue weighted by Crippen LogP contribution is 2.33. The molecule has 9 heteroatoms. The van der Waals surface area contributed by atoms with Crippen LogP contribution in [0.3, 0.4) is 0 Å². The monoisotopic (exact) mass is 704 g/mol.